The molecule has 2 aliphatic heterocycles. The van der Waals surface area contributed by atoms with Crippen LogP contribution < -0.4 is 10.6 Å². The molecule has 2 heterocycles. The summed E-state index contributed by atoms with van der Waals surface area (Å²) in [4.78, 5) is 28.3. The van der Waals surface area contributed by atoms with Crippen molar-refractivity contribution in [2.24, 2.45) is 0 Å². The smallest absolute Gasteiger partial charge is 0.315 e. The summed E-state index contributed by atoms with van der Waals surface area (Å²) in [5.41, 5.74) is 0. The molecule has 25 heavy (non-hydrogen) atoms. The van der Waals surface area contributed by atoms with Gasteiger partial charge in [0.2, 0.25) is 5.91 Å². The molecule has 0 spiro atoms. The van der Waals surface area contributed by atoms with Crippen molar-refractivity contribution in [2.75, 3.05) is 46.4 Å². The van der Waals surface area contributed by atoms with Gasteiger partial charge in [0.05, 0.1) is 25.2 Å². The molecule has 2 saturated heterocycles. The van der Waals surface area contributed by atoms with Crippen molar-refractivity contribution in [2.45, 2.75) is 50.9 Å². The molecular weight excluding hydrogens is 324 g/mol. The Hall–Kier alpha value is -1.38. The number of hydrogen-bond donors (Lipinski definition) is 3. The van der Waals surface area contributed by atoms with Crippen LogP contribution in [-0.4, -0.2) is 91.5 Å². The average molecular weight is 356 g/mol. The van der Waals surface area contributed by atoms with E-state index in [1.54, 1.807) is 0 Å². The molecule has 0 aliphatic carbocycles. The van der Waals surface area contributed by atoms with E-state index in [2.05, 4.69) is 22.6 Å². The zero-order valence-electron chi connectivity index (χ0n) is 15.4. The topological polar surface area (TPSA) is 94.1 Å². The van der Waals surface area contributed by atoms with E-state index in [0.29, 0.717) is 25.8 Å². The van der Waals surface area contributed by atoms with E-state index in [1.807, 2.05) is 11.8 Å². The first-order chi connectivity index (χ1) is 12.0. The molecule has 0 aromatic carbocycles. The SMILES string of the molecule is CCCNC(=O)N[C@H]1CC[C@@H](CC(=O)N2CCN(C)CC2)O[C@@H]1CO. The second kappa shape index (κ2) is 9.94. The van der Waals surface area contributed by atoms with Gasteiger partial charge in [0, 0.05) is 32.7 Å². The summed E-state index contributed by atoms with van der Waals surface area (Å²) in [6.45, 7) is 5.75. The quantitative estimate of drug-likeness (QED) is 0.611. The normalized spacial score (nSPS) is 27.8. The first-order valence-corrected chi connectivity index (χ1v) is 9.30. The molecular formula is C17H32N4O4. The van der Waals surface area contributed by atoms with Gasteiger partial charge in [-0.3, -0.25) is 4.79 Å². The van der Waals surface area contributed by atoms with Gasteiger partial charge in [-0.05, 0) is 26.3 Å². The summed E-state index contributed by atoms with van der Waals surface area (Å²) < 4.78 is 5.89. The molecule has 3 N–H and O–H groups in total. The lowest BCUT2D eigenvalue weighted by atomic mass is 9.97. The third kappa shape index (κ3) is 6.13. The molecule has 8 nitrogen and oxygen atoms in total. The molecule has 8 heteroatoms. The number of carbonyl (C=O) groups excluding carboxylic acids is 2. The van der Waals surface area contributed by atoms with Gasteiger partial charge >= 0.3 is 6.03 Å². The Morgan fingerprint density at radius 2 is 1.92 bits per heavy atom. The van der Waals surface area contributed by atoms with E-state index in [-0.39, 0.29) is 30.7 Å². The molecule has 0 saturated carbocycles. The van der Waals surface area contributed by atoms with Crippen molar-refractivity contribution in [3.8, 4) is 0 Å². The molecule has 0 aromatic rings. The molecule has 3 atom stereocenters. The van der Waals surface area contributed by atoms with E-state index in [0.717, 1.165) is 32.6 Å². The Bertz CT molecular complexity index is 440. The molecule has 0 unspecified atom stereocenters. The third-order valence-electron chi connectivity index (χ3n) is 4.91. The Morgan fingerprint density at radius 1 is 1.20 bits per heavy atom. The Balaban J connectivity index is 1.78. The zero-order chi connectivity index (χ0) is 18.2. The van der Waals surface area contributed by atoms with Crippen LogP contribution in [-0.2, 0) is 9.53 Å². The van der Waals surface area contributed by atoms with Crippen molar-refractivity contribution in [1.82, 2.24) is 20.4 Å². The fourth-order valence-electron chi connectivity index (χ4n) is 3.28. The van der Waals surface area contributed by atoms with E-state index in [9.17, 15) is 14.7 Å². The van der Waals surface area contributed by atoms with E-state index in [4.69, 9.17) is 4.74 Å². The summed E-state index contributed by atoms with van der Waals surface area (Å²) in [6.07, 6.45) is 1.95. The standard InChI is InChI=1S/C17H32N4O4/c1-3-6-18-17(24)19-14-5-4-13(25-15(14)12-22)11-16(23)21-9-7-20(2)8-10-21/h13-15,22H,3-12H2,1-2H3,(H2,18,19,24)/t13-,14-,15+/m0/s1. The van der Waals surface area contributed by atoms with Gasteiger partial charge in [0.1, 0.15) is 6.10 Å². The predicted octanol–water partition coefficient (Wildman–Crippen LogP) is -0.232. The maximum Gasteiger partial charge on any atom is 0.315 e. The molecule has 144 valence electrons. The van der Waals surface area contributed by atoms with Crippen LogP contribution in [0.25, 0.3) is 0 Å². The first-order valence-electron chi connectivity index (χ1n) is 9.30. The van der Waals surface area contributed by atoms with E-state index < -0.39 is 6.10 Å². The first kappa shape index (κ1) is 19.9. The highest BCUT2D eigenvalue weighted by Crippen LogP contribution is 2.22. The minimum Gasteiger partial charge on any atom is -0.394 e. The van der Waals surface area contributed by atoms with Crippen LogP contribution >= 0.6 is 0 Å². The fraction of sp³-hybridized carbons (Fsp3) is 0.882. The number of aliphatic hydroxyl groups excluding tert-OH is 1. The van der Waals surface area contributed by atoms with Crippen LogP contribution in [0.1, 0.15) is 32.6 Å². The lowest BCUT2D eigenvalue weighted by Gasteiger charge is -2.37. The number of nitrogens with zero attached hydrogens (tertiary/aromatic N) is 2. The van der Waals surface area contributed by atoms with Crippen LogP contribution in [0.3, 0.4) is 0 Å². The molecule has 0 radical (unpaired) electrons. The number of piperazine rings is 1. The predicted molar refractivity (Wildman–Crippen MR) is 94.3 cm³/mol. The number of hydrogen-bond acceptors (Lipinski definition) is 5. The van der Waals surface area contributed by atoms with Gasteiger partial charge < -0.3 is 30.3 Å². The Labute approximate surface area is 149 Å². The second-order valence-corrected chi connectivity index (χ2v) is 6.95. The van der Waals surface area contributed by atoms with Crippen LogP contribution in [0.5, 0.6) is 0 Å². The number of nitrogens with one attached hydrogen (secondary N) is 2. The highest BCUT2D eigenvalue weighted by atomic mass is 16.5. The average Bonchev–Trinajstić information content (AvgIpc) is 2.61. The van der Waals surface area contributed by atoms with Crippen molar-refractivity contribution >= 4 is 11.9 Å². The zero-order valence-corrected chi connectivity index (χ0v) is 15.4. The van der Waals surface area contributed by atoms with Crippen molar-refractivity contribution in [3.05, 3.63) is 0 Å². The minimum atomic E-state index is -0.466. The minimum absolute atomic E-state index is 0.113. The maximum absolute atomic E-state index is 12.4. The summed E-state index contributed by atoms with van der Waals surface area (Å²) in [5.74, 6) is 0.113. The molecule has 3 amide bonds. The van der Waals surface area contributed by atoms with Crippen molar-refractivity contribution < 1.29 is 19.4 Å². The Kier molecular flexibility index (Phi) is 7.92. The third-order valence-corrected chi connectivity index (χ3v) is 4.91. The van der Waals surface area contributed by atoms with E-state index >= 15 is 0 Å². The number of aliphatic hydroxyl groups is 1. The summed E-state index contributed by atoms with van der Waals surface area (Å²) >= 11 is 0. The number of rotatable bonds is 6. The molecule has 2 rings (SSSR count). The number of carbonyl (C=O) groups is 2. The van der Waals surface area contributed by atoms with Crippen molar-refractivity contribution in [3.63, 3.8) is 0 Å². The van der Waals surface area contributed by atoms with Crippen LogP contribution in [0.4, 0.5) is 4.79 Å². The van der Waals surface area contributed by atoms with Crippen LogP contribution in [0.15, 0.2) is 0 Å². The van der Waals surface area contributed by atoms with Crippen molar-refractivity contribution in [1.29, 1.82) is 0 Å². The lowest BCUT2D eigenvalue weighted by molar-refractivity contribution is -0.141. The monoisotopic (exact) mass is 356 g/mol. The highest BCUT2D eigenvalue weighted by Gasteiger charge is 2.33. The van der Waals surface area contributed by atoms with Gasteiger partial charge in [-0.1, -0.05) is 6.92 Å². The molecule has 0 aromatic heterocycles. The number of urea groups is 1. The van der Waals surface area contributed by atoms with E-state index in [1.165, 1.54) is 0 Å². The Morgan fingerprint density at radius 3 is 2.56 bits per heavy atom. The summed E-state index contributed by atoms with van der Waals surface area (Å²) in [5, 5.41) is 15.2. The lowest BCUT2D eigenvalue weighted by Crippen LogP contribution is -2.54. The molecule has 0 bridgehead atoms. The van der Waals surface area contributed by atoms with Gasteiger partial charge in [0.15, 0.2) is 0 Å². The fourth-order valence-corrected chi connectivity index (χ4v) is 3.28. The number of amides is 3. The summed E-state index contributed by atoms with van der Waals surface area (Å²) in [7, 11) is 2.06. The highest BCUT2D eigenvalue weighted by molar-refractivity contribution is 5.77. The van der Waals surface area contributed by atoms with Gasteiger partial charge in [0.25, 0.3) is 0 Å². The van der Waals surface area contributed by atoms with Gasteiger partial charge in [-0.2, -0.15) is 0 Å². The molecule has 2 fully saturated rings. The van der Waals surface area contributed by atoms with Gasteiger partial charge in [-0.25, -0.2) is 4.79 Å². The van der Waals surface area contributed by atoms with Crippen LogP contribution in [0.2, 0.25) is 0 Å². The maximum atomic E-state index is 12.4. The molecule has 2 aliphatic rings. The second-order valence-electron chi connectivity index (χ2n) is 6.95. The summed E-state index contributed by atoms with van der Waals surface area (Å²) in [6, 6.07) is -0.460. The number of ether oxygens (including phenoxy) is 1. The van der Waals surface area contributed by atoms with Crippen LogP contribution in [0, 0.1) is 0 Å². The largest absolute Gasteiger partial charge is 0.394 e. The van der Waals surface area contributed by atoms with Gasteiger partial charge in [-0.15, -0.1) is 0 Å². The number of likely N-dealkylation sites (N-methyl/N-ethyl adjacent to an activating group) is 1.